The van der Waals surface area contributed by atoms with Crippen molar-refractivity contribution in [3.8, 4) is 0 Å². The minimum Gasteiger partial charge on any atom is -0.352 e. The van der Waals surface area contributed by atoms with Gasteiger partial charge >= 0.3 is 0 Å². The molecule has 0 aromatic carbocycles. The van der Waals surface area contributed by atoms with Crippen LogP contribution in [-0.2, 0) is 4.79 Å². The highest BCUT2D eigenvalue weighted by molar-refractivity contribution is 5.83. The maximum atomic E-state index is 12.4. The van der Waals surface area contributed by atoms with Gasteiger partial charge in [0.05, 0.1) is 6.04 Å². The first-order valence-electron chi connectivity index (χ1n) is 7.54. The molecule has 1 amide bonds. The maximum absolute atomic E-state index is 12.4. The van der Waals surface area contributed by atoms with Crippen molar-refractivity contribution < 1.29 is 4.79 Å². The molecule has 2 rings (SSSR count). The lowest BCUT2D eigenvalue weighted by Gasteiger charge is -2.39. The molecule has 1 saturated heterocycles. The SMILES string of the molecule is C[C@@H](NC(=O)C1NCCCC1(C)C)C1CCCC1. The van der Waals surface area contributed by atoms with Crippen molar-refractivity contribution in [2.75, 3.05) is 6.54 Å². The molecule has 2 N–H and O–H groups in total. The molecule has 0 spiro atoms. The third-order valence-electron chi connectivity index (χ3n) is 4.87. The Morgan fingerprint density at radius 2 is 1.94 bits per heavy atom. The van der Waals surface area contributed by atoms with Crippen molar-refractivity contribution in [1.29, 1.82) is 0 Å². The van der Waals surface area contributed by atoms with Gasteiger partial charge < -0.3 is 10.6 Å². The molecule has 18 heavy (non-hydrogen) atoms. The van der Waals surface area contributed by atoms with E-state index in [0.717, 1.165) is 13.0 Å². The molecule has 1 aliphatic heterocycles. The van der Waals surface area contributed by atoms with Crippen LogP contribution in [0.5, 0.6) is 0 Å². The van der Waals surface area contributed by atoms with Gasteiger partial charge in [-0.05, 0) is 50.5 Å². The zero-order valence-electron chi connectivity index (χ0n) is 12.1. The molecule has 0 aromatic rings. The standard InChI is InChI=1S/C15H28N2O/c1-11(12-7-4-5-8-12)17-14(18)13-15(2,3)9-6-10-16-13/h11-13,16H,4-10H2,1-3H3,(H,17,18)/t11-,13?/m1/s1. The highest BCUT2D eigenvalue weighted by atomic mass is 16.2. The summed E-state index contributed by atoms with van der Waals surface area (Å²) in [4.78, 5) is 12.4. The largest absolute Gasteiger partial charge is 0.352 e. The first kappa shape index (κ1) is 13.9. The fourth-order valence-corrected chi connectivity index (χ4v) is 3.54. The van der Waals surface area contributed by atoms with E-state index in [1.54, 1.807) is 0 Å². The molecule has 3 heteroatoms. The van der Waals surface area contributed by atoms with Crippen molar-refractivity contribution >= 4 is 5.91 Å². The van der Waals surface area contributed by atoms with Gasteiger partial charge in [0.15, 0.2) is 0 Å². The molecule has 2 aliphatic rings. The van der Waals surface area contributed by atoms with Crippen LogP contribution in [0.1, 0.15) is 59.3 Å². The van der Waals surface area contributed by atoms with E-state index in [1.165, 1.54) is 32.1 Å². The molecule has 1 saturated carbocycles. The Bertz CT molecular complexity index is 295. The lowest BCUT2D eigenvalue weighted by atomic mass is 9.77. The van der Waals surface area contributed by atoms with Gasteiger partial charge in [-0.25, -0.2) is 0 Å². The second kappa shape index (κ2) is 5.60. The average Bonchev–Trinajstić information content (AvgIpc) is 2.81. The van der Waals surface area contributed by atoms with E-state index in [1.807, 2.05) is 0 Å². The average molecular weight is 252 g/mol. The fraction of sp³-hybridized carbons (Fsp3) is 0.933. The Labute approximate surface area is 111 Å². The summed E-state index contributed by atoms with van der Waals surface area (Å²) in [6.45, 7) is 7.54. The highest BCUT2D eigenvalue weighted by Crippen LogP contribution is 2.31. The smallest absolute Gasteiger partial charge is 0.237 e. The Kier molecular flexibility index (Phi) is 4.31. The maximum Gasteiger partial charge on any atom is 0.237 e. The second-order valence-corrected chi connectivity index (χ2v) is 6.82. The summed E-state index contributed by atoms with van der Waals surface area (Å²) in [6, 6.07) is 0.314. The number of rotatable bonds is 3. The van der Waals surface area contributed by atoms with E-state index >= 15 is 0 Å². The second-order valence-electron chi connectivity index (χ2n) is 6.82. The number of piperidine rings is 1. The van der Waals surface area contributed by atoms with Crippen LogP contribution in [0.25, 0.3) is 0 Å². The summed E-state index contributed by atoms with van der Waals surface area (Å²) in [5.74, 6) is 0.903. The molecule has 1 aliphatic carbocycles. The van der Waals surface area contributed by atoms with E-state index in [4.69, 9.17) is 0 Å². The van der Waals surface area contributed by atoms with Gasteiger partial charge in [-0.1, -0.05) is 26.7 Å². The van der Waals surface area contributed by atoms with E-state index in [-0.39, 0.29) is 17.4 Å². The van der Waals surface area contributed by atoms with Gasteiger partial charge in [-0.3, -0.25) is 4.79 Å². The van der Waals surface area contributed by atoms with Crippen molar-refractivity contribution in [2.45, 2.75) is 71.4 Å². The molecule has 0 aromatic heterocycles. The van der Waals surface area contributed by atoms with Crippen LogP contribution < -0.4 is 10.6 Å². The van der Waals surface area contributed by atoms with Crippen molar-refractivity contribution in [1.82, 2.24) is 10.6 Å². The third kappa shape index (κ3) is 3.05. The number of nitrogens with one attached hydrogen (secondary N) is 2. The van der Waals surface area contributed by atoms with Crippen LogP contribution in [0.3, 0.4) is 0 Å². The van der Waals surface area contributed by atoms with Gasteiger partial charge in [-0.15, -0.1) is 0 Å². The summed E-state index contributed by atoms with van der Waals surface area (Å²) in [5, 5.41) is 6.64. The number of hydrogen-bond acceptors (Lipinski definition) is 2. The van der Waals surface area contributed by atoms with E-state index in [2.05, 4.69) is 31.4 Å². The predicted molar refractivity (Wildman–Crippen MR) is 74.4 cm³/mol. The molecular weight excluding hydrogens is 224 g/mol. The quantitative estimate of drug-likeness (QED) is 0.810. The van der Waals surface area contributed by atoms with Crippen LogP contribution >= 0.6 is 0 Å². The topological polar surface area (TPSA) is 41.1 Å². The van der Waals surface area contributed by atoms with Crippen molar-refractivity contribution in [3.05, 3.63) is 0 Å². The fourth-order valence-electron chi connectivity index (χ4n) is 3.54. The van der Waals surface area contributed by atoms with Gasteiger partial charge in [0.2, 0.25) is 5.91 Å². The Morgan fingerprint density at radius 1 is 1.28 bits per heavy atom. The molecule has 1 unspecified atom stereocenters. The summed E-state index contributed by atoms with van der Waals surface area (Å²) in [6.07, 6.45) is 7.53. The minimum atomic E-state index is -0.0184. The first-order valence-corrected chi connectivity index (χ1v) is 7.54. The van der Waals surface area contributed by atoms with E-state index < -0.39 is 0 Å². The van der Waals surface area contributed by atoms with E-state index in [9.17, 15) is 4.79 Å². The summed E-state index contributed by atoms with van der Waals surface area (Å²) < 4.78 is 0. The zero-order valence-corrected chi connectivity index (χ0v) is 12.1. The molecule has 0 bridgehead atoms. The van der Waals surface area contributed by atoms with Crippen LogP contribution in [0.2, 0.25) is 0 Å². The Balaban J connectivity index is 1.90. The van der Waals surface area contributed by atoms with Gasteiger partial charge in [0.1, 0.15) is 0 Å². The van der Waals surface area contributed by atoms with Crippen molar-refractivity contribution in [3.63, 3.8) is 0 Å². The number of amides is 1. The highest BCUT2D eigenvalue weighted by Gasteiger charge is 2.38. The predicted octanol–water partition coefficient (Wildman–Crippen LogP) is 2.46. The van der Waals surface area contributed by atoms with Gasteiger partial charge in [-0.2, -0.15) is 0 Å². The lowest BCUT2D eigenvalue weighted by molar-refractivity contribution is -0.127. The van der Waals surface area contributed by atoms with Crippen LogP contribution in [0, 0.1) is 11.3 Å². The molecule has 1 heterocycles. The third-order valence-corrected chi connectivity index (χ3v) is 4.87. The molecule has 2 fully saturated rings. The van der Waals surface area contributed by atoms with Crippen LogP contribution in [-0.4, -0.2) is 24.5 Å². The molecular formula is C15H28N2O. The van der Waals surface area contributed by atoms with Crippen LogP contribution in [0.4, 0.5) is 0 Å². The van der Waals surface area contributed by atoms with Gasteiger partial charge in [0, 0.05) is 6.04 Å². The van der Waals surface area contributed by atoms with Gasteiger partial charge in [0.25, 0.3) is 0 Å². The van der Waals surface area contributed by atoms with Crippen molar-refractivity contribution in [2.24, 2.45) is 11.3 Å². The Morgan fingerprint density at radius 3 is 2.56 bits per heavy atom. The lowest BCUT2D eigenvalue weighted by Crippen LogP contribution is -2.57. The number of hydrogen-bond donors (Lipinski definition) is 2. The van der Waals surface area contributed by atoms with Crippen LogP contribution in [0.15, 0.2) is 0 Å². The van der Waals surface area contributed by atoms with E-state index in [0.29, 0.717) is 12.0 Å². The molecule has 2 atom stereocenters. The molecule has 0 radical (unpaired) electrons. The number of carbonyl (C=O) groups is 1. The summed E-state index contributed by atoms with van der Waals surface area (Å²) >= 11 is 0. The summed E-state index contributed by atoms with van der Waals surface area (Å²) in [7, 11) is 0. The normalized spacial score (nSPS) is 30.1. The molecule has 104 valence electrons. The monoisotopic (exact) mass is 252 g/mol. The first-order chi connectivity index (χ1) is 8.50. The zero-order chi connectivity index (χ0) is 13.2. The minimum absolute atomic E-state index is 0.0184. The molecule has 3 nitrogen and oxygen atoms in total. The number of carbonyl (C=O) groups excluding carboxylic acids is 1. The Hall–Kier alpha value is -0.570. The summed E-state index contributed by atoms with van der Waals surface area (Å²) in [5.41, 5.74) is 0.0811.